The molecule has 1 atom stereocenters. The minimum absolute atomic E-state index is 0.0404. The maximum Gasteiger partial charge on any atom is 0.307 e. The molecule has 3 nitrogen and oxygen atoms in total. The normalized spacial score (nSPS) is 12.1. The number of aryl methyl sites for hydroxylation is 1. The summed E-state index contributed by atoms with van der Waals surface area (Å²) in [5.41, 5.74) is 2.67. The molecule has 1 N–H and O–H groups in total. The Morgan fingerprint density at radius 1 is 1.05 bits per heavy atom. The topological polar surface area (TPSA) is 54.4 Å². The quantitative estimate of drug-likeness (QED) is 0.920. The highest BCUT2D eigenvalue weighted by atomic mass is 32.2. The number of carboxylic acids is 1. The van der Waals surface area contributed by atoms with Crippen molar-refractivity contribution in [2.45, 2.75) is 24.0 Å². The van der Waals surface area contributed by atoms with Crippen molar-refractivity contribution in [1.82, 2.24) is 0 Å². The molecule has 0 amide bonds. The monoisotopic (exact) mass is 288 g/mol. The minimum Gasteiger partial charge on any atom is -0.481 e. The molecule has 0 aliphatic carbocycles. The van der Waals surface area contributed by atoms with Crippen LogP contribution in [0.15, 0.2) is 53.4 Å². The summed E-state index contributed by atoms with van der Waals surface area (Å²) in [7, 11) is -1.16. The summed E-state index contributed by atoms with van der Waals surface area (Å²) in [5.74, 6) is -0.537. The highest BCUT2D eigenvalue weighted by Crippen LogP contribution is 2.17. The Labute approximate surface area is 120 Å². The molecule has 0 bridgehead atoms. The van der Waals surface area contributed by atoms with Crippen LogP contribution < -0.4 is 0 Å². The van der Waals surface area contributed by atoms with Crippen LogP contribution in [-0.2, 0) is 27.8 Å². The SMILES string of the molecule is Cc1ccc(S(=O)Cc2ccccc2CC(=O)O)cc1. The van der Waals surface area contributed by atoms with Crippen molar-refractivity contribution in [3.05, 3.63) is 65.2 Å². The summed E-state index contributed by atoms with van der Waals surface area (Å²) in [6.07, 6.45) is -0.0404. The van der Waals surface area contributed by atoms with E-state index in [1.54, 1.807) is 12.1 Å². The standard InChI is InChI=1S/C16H16O3S/c1-12-6-8-15(9-7-12)20(19)11-14-5-3-2-4-13(14)10-16(17)18/h2-9H,10-11H2,1H3,(H,17,18). The number of benzene rings is 2. The average molecular weight is 288 g/mol. The number of aliphatic carboxylic acids is 1. The van der Waals surface area contributed by atoms with Crippen LogP contribution in [0.4, 0.5) is 0 Å². The fourth-order valence-corrected chi connectivity index (χ4v) is 3.12. The molecule has 2 aromatic rings. The molecule has 0 spiro atoms. The minimum atomic E-state index is -1.16. The Kier molecular flexibility index (Phi) is 4.69. The zero-order chi connectivity index (χ0) is 14.5. The Morgan fingerprint density at radius 3 is 2.25 bits per heavy atom. The highest BCUT2D eigenvalue weighted by Gasteiger charge is 2.10. The van der Waals surface area contributed by atoms with E-state index in [1.165, 1.54) is 0 Å². The largest absolute Gasteiger partial charge is 0.481 e. The van der Waals surface area contributed by atoms with Gasteiger partial charge in [-0.25, -0.2) is 0 Å². The van der Waals surface area contributed by atoms with Crippen molar-refractivity contribution in [3.63, 3.8) is 0 Å². The smallest absolute Gasteiger partial charge is 0.307 e. The maximum absolute atomic E-state index is 12.3. The van der Waals surface area contributed by atoms with Gasteiger partial charge in [-0.2, -0.15) is 0 Å². The molecule has 2 rings (SSSR count). The van der Waals surface area contributed by atoms with Gasteiger partial charge in [-0.3, -0.25) is 9.00 Å². The van der Waals surface area contributed by atoms with Crippen LogP contribution in [0.3, 0.4) is 0 Å². The van der Waals surface area contributed by atoms with Crippen molar-refractivity contribution in [1.29, 1.82) is 0 Å². The predicted octanol–water partition coefficient (Wildman–Crippen LogP) is 2.93. The van der Waals surface area contributed by atoms with Gasteiger partial charge in [0.15, 0.2) is 0 Å². The molecule has 0 radical (unpaired) electrons. The van der Waals surface area contributed by atoms with Gasteiger partial charge in [0.2, 0.25) is 0 Å². The van der Waals surface area contributed by atoms with Crippen molar-refractivity contribution >= 4 is 16.8 Å². The van der Waals surface area contributed by atoms with E-state index in [4.69, 9.17) is 5.11 Å². The number of carbonyl (C=O) groups is 1. The number of carboxylic acid groups (broad SMARTS) is 1. The second kappa shape index (κ2) is 6.48. The summed E-state index contributed by atoms with van der Waals surface area (Å²) in [5, 5.41) is 8.90. The fourth-order valence-electron chi connectivity index (χ4n) is 1.95. The van der Waals surface area contributed by atoms with Crippen LogP contribution in [0.25, 0.3) is 0 Å². The van der Waals surface area contributed by atoms with E-state index in [1.807, 2.05) is 43.3 Å². The molecule has 1 unspecified atom stereocenters. The lowest BCUT2D eigenvalue weighted by molar-refractivity contribution is -0.136. The van der Waals surface area contributed by atoms with Gasteiger partial charge in [0, 0.05) is 4.90 Å². The van der Waals surface area contributed by atoms with Crippen molar-refractivity contribution in [2.75, 3.05) is 0 Å². The van der Waals surface area contributed by atoms with E-state index < -0.39 is 16.8 Å². The third-order valence-electron chi connectivity index (χ3n) is 3.03. The Morgan fingerprint density at radius 2 is 1.65 bits per heavy atom. The maximum atomic E-state index is 12.3. The number of hydrogen-bond donors (Lipinski definition) is 1. The zero-order valence-electron chi connectivity index (χ0n) is 11.2. The van der Waals surface area contributed by atoms with Gasteiger partial charge in [-0.05, 0) is 30.2 Å². The zero-order valence-corrected chi connectivity index (χ0v) is 12.0. The van der Waals surface area contributed by atoms with Gasteiger partial charge in [0.05, 0.1) is 23.0 Å². The number of hydrogen-bond acceptors (Lipinski definition) is 2. The summed E-state index contributed by atoms with van der Waals surface area (Å²) in [6.45, 7) is 1.98. The summed E-state index contributed by atoms with van der Waals surface area (Å²) in [4.78, 5) is 11.6. The third kappa shape index (κ3) is 3.78. The van der Waals surface area contributed by atoms with Crippen LogP contribution in [0.1, 0.15) is 16.7 Å². The average Bonchev–Trinajstić information content (AvgIpc) is 2.41. The van der Waals surface area contributed by atoms with Gasteiger partial charge in [0.25, 0.3) is 0 Å². The van der Waals surface area contributed by atoms with Gasteiger partial charge >= 0.3 is 5.97 Å². The predicted molar refractivity (Wildman–Crippen MR) is 79.1 cm³/mol. The van der Waals surface area contributed by atoms with Crippen molar-refractivity contribution in [2.24, 2.45) is 0 Å². The molecule has 0 aromatic heterocycles. The van der Waals surface area contributed by atoms with Gasteiger partial charge in [0.1, 0.15) is 0 Å². The van der Waals surface area contributed by atoms with E-state index >= 15 is 0 Å². The second-order valence-electron chi connectivity index (χ2n) is 4.64. The van der Waals surface area contributed by atoms with Crippen LogP contribution in [0.2, 0.25) is 0 Å². The molecule has 0 saturated carbocycles. The highest BCUT2D eigenvalue weighted by molar-refractivity contribution is 7.84. The van der Waals surface area contributed by atoms with E-state index in [0.717, 1.165) is 21.6 Å². The molecule has 0 heterocycles. The van der Waals surface area contributed by atoms with Crippen LogP contribution in [-0.4, -0.2) is 15.3 Å². The first-order valence-corrected chi connectivity index (χ1v) is 7.62. The number of rotatable bonds is 5. The third-order valence-corrected chi connectivity index (χ3v) is 4.40. The molecule has 20 heavy (non-hydrogen) atoms. The first-order chi connectivity index (χ1) is 9.56. The summed E-state index contributed by atoms with van der Waals surface area (Å²) >= 11 is 0. The van der Waals surface area contributed by atoms with E-state index in [-0.39, 0.29) is 6.42 Å². The lowest BCUT2D eigenvalue weighted by Crippen LogP contribution is -2.05. The summed E-state index contributed by atoms with van der Waals surface area (Å²) < 4.78 is 12.3. The van der Waals surface area contributed by atoms with Crippen molar-refractivity contribution < 1.29 is 14.1 Å². The Bertz CT molecular complexity index is 632. The lowest BCUT2D eigenvalue weighted by Gasteiger charge is -2.08. The van der Waals surface area contributed by atoms with Gasteiger partial charge < -0.3 is 5.11 Å². The van der Waals surface area contributed by atoms with Crippen LogP contribution in [0, 0.1) is 6.92 Å². The molecule has 104 valence electrons. The van der Waals surface area contributed by atoms with Gasteiger partial charge in [-0.1, -0.05) is 42.0 Å². The fraction of sp³-hybridized carbons (Fsp3) is 0.188. The molecular formula is C16H16O3S. The molecule has 0 aliphatic heterocycles. The second-order valence-corrected chi connectivity index (χ2v) is 6.09. The van der Waals surface area contributed by atoms with E-state index in [9.17, 15) is 9.00 Å². The molecule has 0 aliphatic rings. The molecule has 0 saturated heterocycles. The first-order valence-electron chi connectivity index (χ1n) is 6.30. The Hall–Kier alpha value is -1.94. The summed E-state index contributed by atoms with van der Waals surface area (Å²) in [6, 6.07) is 14.8. The van der Waals surface area contributed by atoms with E-state index in [0.29, 0.717) is 5.75 Å². The van der Waals surface area contributed by atoms with Crippen LogP contribution in [0.5, 0.6) is 0 Å². The van der Waals surface area contributed by atoms with Crippen molar-refractivity contribution in [3.8, 4) is 0 Å². The van der Waals surface area contributed by atoms with Gasteiger partial charge in [-0.15, -0.1) is 0 Å². The van der Waals surface area contributed by atoms with Crippen LogP contribution >= 0.6 is 0 Å². The molecule has 4 heteroatoms. The molecule has 2 aromatic carbocycles. The lowest BCUT2D eigenvalue weighted by atomic mass is 10.1. The van der Waals surface area contributed by atoms with E-state index in [2.05, 4.69) is 0 Å². The first kappa shape index (κ1) is 14.5. The molecular weight excluding hydrogens is 272 g/mol. The Balaban J connectivity index is 2.19. The molecule has 0 fully saturated rings.